The molecular formula is C27H29N3O3S. The summed E-state index contributed by atoms with van der Waals surface area (Å²) in [5.74, 6) is 0.595. The van der Waals surface area contributed by atoms with Crippen LogP contribution < -0.4 is 4.90 Å². The van der Waals surface area contributed by atoms with Crippen LogP contribution in [0.5, 0.6) is 0 Å². The van der Waals surface area contributed by atoms with E-state index in [0.717, 1.165) is 79.7 Å². The number of carbonyl (C=O) groups excluding carboxylic acids is 1. The first-order valence-electron chi connectivity index (χ1n) is 11.9. The Morgan fingerprint density at radius 1 is 1.09 bits per heavy atom. The molecule has 3 aliphatic rings. The number of thiol groups is 1. The maximum Gasteiger partial charge on any atom is 0.345 e. The minimum atomic E-state index is -0.388. The first kappa shape index (κ1) is 22.9. The molecule has 0 bridgehead atoms. The molecule has 2 heterocycles. The fraction of sp³-hybridized carbons (Fsp3) is 0.370. The number of benzene rings is 1. The van der Waals surface area contributed by atoms with E-state index in [1.54, 1.807) is 6.33 Å². The molecule has 5 rings (SSSR count). The zero-order valence-electron chi connectivity index (χ0n) is 19.2. The zero-order chi connectivity index (χ0) is 23.3. The number of aromatic nitrogens is 2. The highest BCUT2D eigenvalue weighted by atomic mass is 32.1. The van der Waals surface area contributed by atoms with Gasteiger partial charge in [-0.15, -0.1) is 0 Å². The maximum atomic E-state index is 11.8. The van der Waals surface area contributed by atoms with Gasteiger partial charge in [0.25, 0.3) is 0 Å². The van der Waals surface area contributed by atoms with Crippen molar-refractivity contribution < 1.29 is 13.7 Å². The van der Waals surface area contributed by atoms with E-state index in [1.165, 1.54) is 5.57 Å². The first-order valence-corrected chi connectivity index (χ1v) is 12.3. The largest absolute Gasteiger partial charge is 0.391 e. The normalized spacial score (nSPS) is 19.0. The summed E-state index contributed by atoms with van der Waals surface area (Å²) in [7, 11) is 0. The number of hydrogen-bond acceptors (Lipinski definition) is 7. The molecular weight excluding hydrogens is 446 g/mol. The standard InChI is InChI=1S/C27H29N3O3S/c31-27(33-34)21-11-9-20(10-12-21)23-7-4-8-24-25(23)28-18-29-26(24)30-15-13-22(14-16-30)32-17-19-5-2-1-3-6-19/h1-2,4-5,7-9,11,18,22,34H,3,6,10,12-17H2. The van der Waals surface area contributed by atoms with Gasteiger partial charge >= 0.3 is 5.97 Å². The molecule has 0 atom stereocenters. The second-order valence-electron chi connectivity index (χ2n) is 8.95. The number of allylic oxidation sites excluding steroid dienone is 6. The average molecular weight is 476 g/mol. The third-order valence-corrected chi connectivity index (χ3v) is 7.00. The van der Waals surface area contributed by atoms with Crippen LogP contribution in [-0.2, 0) is 13.7 Å². The van der Waals surface area contributed by atoms with Gasteiger partial charge in [0, 0.05) is 42.5 Å². The van der Waals surface area contributed by atoms with Crippen molar-refractivity contribution in [2.24, 2.45) is 0 Å². The highest BCUT2D eigenvalue weighted by Gasteiger charge is 2.24. The molecule has 0 unspecified atom stereocenters. The van der Waals surface area contributed by atoms with E-state index in [9.17, 15) is 4.79 Å². The number of anilines is 1. The zero-order valence-corrected chi connectivity index (χ0v) is 20.0. The fourth-order valence-corrected chi connectivity index (χ4v) is 5.02. The third-order valence-electron chi connectivity index (χ3n) is 6.83. The summed E-state index contributed by atoms with van der Waals surface area (Å²) in [6.07, 6.45) is 17.9. The lowest BCUT2D eigenvalue weighted by Gasteiger charge is -2.33. The van der Waals surface area contributed by atoms with Crippen molar-refractivity contribution in [2.45, 2.75) is 44.6 Å². The van der Waals surface area contributed by atoms with E-state index in [1.807, 2.05) is 12.2 Å². The summed E-state index contributed by atoms with van der Waals surface area (Å²) < 4.78 is 10.8. The Hall–Kier alpha value is -2.90. The summed E-state index contributed by atoms with van der Waals surface area (Å²) in [4.78, 5) is 23.4. The van der Waals surface area contributed by atoms with Crippen LogP contribution in [0.2, 0.25) is 0 Å². The van der Waals surface area contributed by atoms with Gasteiger partial charge in [-0.05, 0) is 55.7 Å². The number of hydrogen-bond donors (Lipinski definition) is 1. The Kier molecular flexibility index (Phi) is 7.11. The molecule has 176 valence electrons. The SMILES string of the molecule is O=C(OS)C1=CC=C(c2cccc3c(N4CCC(OCC5=CC=CCC5)CC4)ncnc23)CC1. The smallest absolute Gasteiger partial charge is 0.345 e. The lowest BCUT2D eigenvalue weighted by molar-refractivity contribution is -0.128. The Bertz CT molecular complexity index is 1190. The Labute approximate surface area is 205 Å². The van der Waals surface area contributed by atoms with Gasteiger partial charge in [0.2, 0.25) is 0 Å². The lowest BCUT2D eigenvalue weighted by Crippen LogP contribution is -2.37. The summed E-state index contributed by atoms with van der Waals surface area (Å²) in [5.41, 5.74) is 5.22. The molecule has 1 aromatic heterocycles. The van der Waals surface area contributed by atoms with Gasteiger partial charge in [0.15, 0.2) is 0 Å². The van der Waals surface area contributed by atoms with E-state index in [2.05, 4.69) is 68.4 Å². The molecule has 1 aromatic carbocycles. The fourth-order valence-electron chi connectivity index (χ4n) is 4.91. The molecule has 1 fully saturated rings. The van der Waals surface area contributed by atoms with Crippen LogP contribution in [0.1, 0.15) is 44.1 Å². The molecule has 1 saturated heterocycles. The molecule has 0 spiro atoms. The predicted octanol–water partition coefficient (Wildman–Crippen LogP) is 5.38. The second kappa shape index (κ2) is 10.6. The molecule has 0 saturated carbocycles. The molecule has 0 radical (unpaired) electrons. The minimum Gasteiger partial charge on any atom is -0.391 e. The summed E-state index contributed by atoms with van der Waals surface area (Å²) in [5, 5.41) is 1.06. The average Bonchev–Trinajstić information content (AvgIpc) is 2.92. The van der Waals surface area contributed by atoms with Crippen molar-refractivity contribution in [2.75, 3.05) is 24.6 Å². The molecule has 1 aliphatic heterocycles. The number of nitrogens with zero attached hydrogens (tertiary/aromatic N) is 3. The highest BCUT2D eigenvalue weighted by Crippen LogP contribution is 2.34. The highest BCUT2D eigenvalue weighted by molar-refractivity contribution is 7.75. The number of rotatable bonds is 6. The Balaban J connectivity index is 1.30. The summed E-state index contributed by atoms with van der Waals surface area (Å²) in [6, 6.07) is 6.26. The van der Waals surface area contributed by atoms with E-state index >= 15 is 0 Å². The van der Waals surface area contributed by atoms with E-state index in [0.29, 0.717) is 18.1 Å². The van der Waals surface area contributed by atoms with E-state index < -0.39 is 0 Å². The van der Waals surface area contributed by atoms with Crippen LogP contribution in [-0.4, -0.2) is 41.7 Å². The number of carbonyl (C=O) groups is 1. The van der Waals surface area contributed by atoms with Gasteiger partial charge in [0.1, 0.15) is 12.1 Å². The molecule has 2 aliphatic carbocycles. The van der Waals surface area contributed by atoms with Crippen molar-refractivity contribution in [1.29, 1.82) is 0 Å². The van der Waals surface area contributed by atoms with E-state index in [4.69, 9.17) is 4.74 Å². The third kappa shape index (κ3) is 4.95. The van der Waals surface area contributed by atoms with Crippen LogP contribution in [0, 0.1) is 0 Å². The maximum absolute atomic E-state index is 11.8. The molecule has 2 aromatic rings. The predicted molar refractivity (Wildman–Crippen MR) is 138 cm³/mol. The van der Waals surface area contributed by atoms with Gasteiger partial charge in [-0.2, -0.15) is 0 Å². The quantitative estimate of drug-likeness (QED) is 0.447. The summed E-state index contributed by atoms with van der Waals surface area (Å²) in [6.45, 7) is 2.58. The summed E-state index contributed by atoms with van der Waals surface area (Å²) >= 11 is 3.62. The van der Waals surface area contributed by atoms with Crippen molar-refractivity contribution in [1.82, 2.24) is 9.97 Å². The minimum absolute atomic E-state index is 0.295. The van der Waals surface area contributed by atoms with Crippen molar-refractivity contribution in [3.8, 4) is 0 Å². The van der Waals surface area contributed by atoms with E-state index in [-0.39, 0.29) is 5.97 Å². The van der Waals surface area contributed by atoms with Gasteiger partial charge in [-0.25, -0.2) is 14.8 Å². The molecule has 34 heavy (non-hydrogen) atoms. The Morgan fingerprint density at radius 2 is 1.97 bits per heavy atom. The van der Waals surface area contributed by atoms with Crippen molar-refractivity contribution in [3.05, 3.63) is 71.6 Å². The van der Waals surface area contributed by atoms with Crippen molar-refractivity contribution in [3.63, 3.8) is 0 Å². The molecule has 0 N–H and O–H groups in total. The molecule has 0 amide bonds. The van der Waals surface area contributed by atoms with Crippen LogP contribution in [0.25, 0.3) is 16.5 Å². The Morgan fingerprint density at radius 3 is 2.71 bits per heavy atom. The van der Waals surface area contributed by atoms with Crippen LogP contribution in [0.4, 0.5) is 5.82 Å². The van der Waals surface area contributed by atoms with Crippen molar-refractivity contribution >= 4 is 41.2 Å². The van der Waals surface area contributed by atoms with Crippen LogP contribution in [0.15, 0.2) is 66.1 Å². The number of ether oxygens (including phenoxy) is 1. The number of para-hydroxylation sites is 1. The lowest BCUT2D eigenvalue weighted by atomic mass is 9.92. The monoisotopic (exact) mass is 475 g/mol. The first-order chi connectivity index (χ1) is 16.7. The second-order valence-corrected chi connectivity index (χ2v) is 9.13. The van der Waals surface area contributed by atoms with Gasteiger partial charge < -0.3 is 13.8 Å². The van der Waals surface area contributed by atoms with Crippen LogP contribution in [0.3, 0.4) is 0 Å². The van der Waals surface area contributed by atoms with Crippen LogP contribution >= 0.6 is 12.9 Å². The topological polar surface area (TPSA) is 64.5 Å². The number of fused-ring (bicyclic) bond motifs is 1. The number of piperidine rings is 1. The van der Waals surface area contributed by atoms with Gasteiger partial charge in [-0.3, -0.25) is 0 Å². The van der Waals surface area contributed by atoms with Gasteiger partial charge in [-0.1, -0.05) is 42.5 Å². The van der Waals surface area contributed by atoms with Gasteiger partial charge in [0.05, 0.1) is 18.2 Å². The molecule has 7 heteroatoms. The molecule has 6 nitrogen and oxygen atoms in total.